The average Bonchev–Trinajstić information content (AvgIpc) is 2.55. The summed E-state index contributed by atoms with van der Waals surface area (Å²) in [6.07, 6.45) is 9.31. The van der Waals surface area contributed by atoms with Gasteiger partial charge in [0.2, 0.25) is 11.8 Å². The van der Waals surface area contributed by atoms with E-state index in [2.05, 4.69) is 13.0 Å². The Morgan fingerprint density at radius 1 is 1.05 bits per heavy atom. The predicted octanol–water partition coefficient (Wildman–Crippen LogP) is 2.59. The molecule has 4 heteroatoms. The van der Waals surface area contributed by atoms with Crippen LogP contribution < -0.4 is 0 Å². The molecule has 3 rings (SSSR count). The number of likely N-dealkylation sites (tertiary alicyclic amines) is 2. The zero-order valence-corrected chi connectivity index (χ0v) is 13.7. The molecular weight excluding hydrogens is 276 g/mol. The van der Waals surface area contributed by atoms with Crippen molar-refractivity contribution in [2.24, 2.45) is 11.8 Å². The van der Waals surface area contributed by atoms with E-state index in [-0.39, 0.29) is 18.2 Å². The summed E-state index contributed by atoms with van der Waals surface area (Å²) < 4.78 is 0. The summed E-state index contributed by atoms with van der Waals surface area (Å²) in [4.78, 5) is 28.5. The smallest absolute Gasteiger partial charge is 0.232 e. The average molecular weight is 304 g/mol. The fourth-order valence-corrected chi connectivity index (χ4v) is 3.96. The first-order valence-electron chi connectivity index (χ1n) is 8.88. The molecule has 4 nitrogen and oxygen atoms in total. The zero-order chi connectivity index (χ0) is 15.5. The van der Waals surface area contributed by atoms with Crippen molar-refractivity contribution in [1.82, 2.24) is 9.80 Å². The van der Waals surface area contributed by atoms with E-state index < -0.39 is 0 Å². The largest absolute Gasteiger partial charge is 0.342 e. The van der Waals surface area contributed by atoms with Crippen molar-refractivity contribution in [3.05, 3.63) is 11.6 Å². The first-order chi connectivity index (χ1) is 10.6. The minimum absolute atomic E-state index is 0.0218. The van der Waals surface area contributed by atoms with Crippen LogP contribution in [0.4, 0.5) is 0 Å². The minimum atomic E-state index is 0.0218. The van der Waals surface area contributed by atoms with Crippen LogP contribution in [0.5, 0.6) is 0 Å². The van der Waals surface area contributed by atoms with Gasteiger partial charge in [0.05, 0.1) is 0 Å². The lowest BCUT2D eigenvalue weighted by Crippen LogP contribution is -2.44. The van der Waals surface area contributed by atoms with Crippen LogP contribution in [0.15, 0.2) is 11.6 Å². The topological polar surface area (TPSA) is 40.6 Å². The second-order valence-electron chi connectivity index (χ2n) is 7.25. The monoisotopic (exact) mass is 304 g/mol. The molecule has 3 aliphatic rings. The molecule has 2 aliphatic heterocycles. The molecule has 0 spiro atoms. The molecule has 1 atom stereocenters. The number of amides is 2. The van der Waals surface area contributed by atoms with Gasteiger partial charge >= 0.3 is 0 Å². The molecule has 0 N–H and O–H groups in total. The maximum atomic E-state index is 12.4. The van der Waals surface area contributed by atoms with E-state index in [9.17, 15) is 9.59 Å². The molecule has 0 aromatic carbocycles. The van der Waals surface area contributed by atoms with Crippen molar-refractivity contribution in [2.45, 2.75) is 51.9 Å². The van der Waals surface area contributed by atoms with Gasteiger partial charge in [0.1, 0.15) is 6.42 Å². The number of hydrogen-bond donors (Lipinski definition) is 0. The van der Waals surface area contributed by atoms with Crippen LogP contribution in [0, 0.1) is 11.8 Å². The molecule has 22 heavy (non-hydrogen) atoms. The first kappa shape index (κ1) is 15.6. The van der Waals surface area contributed by atoms with E-state index in [0.29, 0.717) is 11.8 Å². The lowest BCUT2D eigenvalue weighted by molar-refractivity contribution is -0.141. The van der Waals surface area contributed by atoms with Crippen molar-refractivity contribution in [2.75, 3.05) is 26.2 Å². The van der Waals surface area contributed by atoms with Gasteiger partial charge < -0.3 is 9.80 Å². The van der Waals surface area contributed by atoms with Gasteiger partial charge in [-0.25, -0.2) is 0 Å². The quantitative estimate of drug-likeness (QED) is 0.581. The highest BCUT2D eigenvalue weighted by Gasteiger charge is 2.30. The fourth-order valence-electron chi connectivity index (χ4n) is 3.96. The molecule has 0 saturated carbocycles. The molecule has 2 amide bonds. The highest BCUT2D eigenvalue weighted by Crippen LogP contribution is 2.32. The third-order valence-electron chi connectivity index (χ3n) is 5.60. The Labute approximate surface area is 133 Å². The van der Waals surface area contributed by atoms with Gasteiger partial charge in [-0.3, -0.25) is 9.59 Å². The van der Waals surface area contributed by atoms with E-state index in [1.165, 1.54) is 18.4 Å². The van der Waals surface area contributed by atoms with Gasteiger partial charge in [-0.1, -0.05) is 18.6 Å². The maximum Gasteiger partial charge on any atom is 0.232 e. The van der Waals surface area contributed by atoms with Crippen molar-refractivity contribution in [3.63, 3.8) is 0 Å². The summed E-state index contributed by atoms with van der Waals surface area (Å²) in [5.74, 6) is 1.44. The molecular formula is C18H28N2O2. The highest BCUT2D eigenvalue weighted by atomic mass is 16.2. The highest BCUT2D eigenvalue weighted by molar-refractivity contribution is 5.97. The number of nitrogens with zero attached hydrogens (tertiary/aromatic N) is 2. The molecule has 2 saturated heterocycles. The number of fused-ring (bicyclic) bond motifs is 1. The van der Waals surface area contributed by atoms with Gasteiger partial charge in [-0.2, -0.15) is 0 Å². The maximum absolute atomic E-state index is 12.4. The summed E-state index contributed by atoms with van der Waals surface area (Å²) in [7, 11) is 0. The van der Waals surface area contributed by atoms with E-state index in [0.717, 1.165) is 51.9 Å². The second-order valence-corrected chi connectivity index (χ2v) is 7.25. The van der Waals surface area contributed by atoms with Crippen molar-refractivity contribution >= 4 is 11.8 Å². The van der Waals surface area contributed by atoms with Crippen LogP contribution in [-0.2, 0) is 9.59 Å². The number of carbonyl (C=O) groups is 2. The zero-order valence-electron chi connectivity index (χ0n) is 13.7. The van der Waals surface area contributed by atoms with Gasteiger partial charge in [-0.15, -0.1) is 0 Å². The van der Waals surface area contributed by atoms with E-state index >= 15 is 0 Å². The van der Waals surface area contributed by atoms with Crippen LogP contribution in [0.2, 0.25) is 0 Å². The third-order valence-corrected chi connectivity index (χ3v) is 5.60. The summed E-state index contributed by atoms with van der Waals surface area (Å²) >= 11 is 0. The number of rotatable bonds is 2. The fraction of sp³-hybridized carbons (Fsp3) is 0.778. The number of hydrogen-bond acceptors (Lipinski definition) is 2. The molecule has 0 aromatic rings. The normalized spacial score (nSPS) is 26.4. The van der Waals surface area contributed by atoms with E-state index in [1.807, 2.05) is 9.80 Å². The number of carbonyl (C=O) groups excluding carboxylic acids is 2. The van der Waals surface area contributed by atoms with Crippen LogP contribution in [0.1, 0.15) is 51.9 Å². The molecule has 0 aromatic heterocycles. The van der Waals surface area contributed by atoms with E-state index in [1.54, 1.807) is 0 Å². The second kappa shape index (κ2) is 6.84. The summed E-state index contributed by atoms with van der Waals surface area (Å²) in [6.45, 7) is 5.45. The van der Waals surface area contributed by atoms with Crippen LogP contribution in [0.25, 0.3) is 0 Å². The molecule has 0 radical (unpaired) electrons. The molecule has 2 heterocycles. The molecule has 0 bridgehead atoms. The lowest BCUT2D eigenvalue weighted by Gasteiger charge is -2.37. The number of piperidine rings is 2. The third kappa shape index (κ3) is 3.53. The van der Waals surface area contributed by atoms with Gasteiger partial charge in [0, 0.05) is 26.2 Å². The molecule has 122 valence electrons. The molecule has 1 unspecified atom stereocenters. The van der Waals surface area contributed by atoms with Gasteiger partial charge in [-0.05, 0) is 50.4 Å². The van der Waals surface area contributed by atoms with E-state index in [4.69, 9.17) is 0 Å². The van der Waals surface area contributed by atoms with Gasteiger partial charge in [0.15, 0.2) is 0 Å². The minimum Gasteiger partial charge on any atom is -0.342 e. The Morgan fingerprint density at radius 3 is 2.50 bits per heavy atom. The standard InChI is InChI=1S/C18H28N2O2/c1-14-6-9-19(10-7-14)17(21)12-18(22)20-11-8-15-4-2-3-5-16(15)13-20/h5,14-15H,2-4,6-13H2,1H3. The van der Waals surface area contributed by atoms with Crippen molar-refractivity contribution in [1.29, 1.82) is 0 Å². The summed E-state index contributed by atoms with van der Waals surface area (Å²) in [5.41, 5.74) is 1.44. The van der Waals surface area contributed by atoms with Gasteiger partial charge in [0.25, 0.3) is 0 Å². The van der Waals surface area contributed by atoms with Crippen LogP contribution >= 0.6 is 0 Å². The van der Waals surface area contributed by atoms with Crippen LogP contribution in [-0.4, -0.2) is 47.8 Å². The van der Waals surface area contributed by atoms with Crippen LogP contribution in [0.3, 0.4) is 0 Å². The number of allylic oxidation sites excluding steroid dienone is 1. The summed E-state index contributed by atoms with van der Waals surface area (Å²) in [5, 5.41) is 0. The Balaban J connectivity index is 1.51. The molecule has 1 aliphatic carbocycles. The Kier molecular flexibility index (Phi) is 4.84. The predicted molar refractivity (Wildman–Crippen MR) is 86.2 cm³/mol. The summed E-state index contributed by atoms with van der Waals surface area (Å²) in [6, 6.07) is 0. The SMILES string of the molecule is CC1CCN(C(=O)CC(=O)N2CCC3CCCC=C3C2)CC1. The molecule has 2 fully saturated rings. The van der Waals surface area contributed by atoms with Crippen molar-refractivity contribution < 1.29 is 9.59 Å². The lowest BCUT2D eigenvalue weighted by atomic mass is 9.82. The Bertz CT molecular complexity index is 464. The van der Waals surface area contributed by atoms with Crippen molar-refractivity contribution in [3.8, 4) is 0 Å². The first-order valence-corrected chi connectivity index (χ1v) is 8.88. The Morgan fingerprint density at radius 2 is 1.73 bits per heavy atom. The Hall–Kier alpha value is -1.32.